The van der Waals surface area contributed by atoms with Crippen molar-refractivity contribution in [3.8, 4) is 0 Å². The van der Waals surface area contributed by atoms with Gasteiger partial charge in [-0.2, -0.15) is 0 Å². The Bertz CT molecular complexity index is 686. The van der Waals surface area contributed by atoms with Crippen LogP contribution >= 0.6 is 0 Å². The third-order valence-corrected chi connectivity index (χ3v) is 4.33. The molecule has 3 heteroatoms. The molecule has 0 spiro atoms. The first kappa shape index (κ1) is 17.3. The number of benzene rings is 2. The maximum absolute atomic E-state index is 11.6. The van der Waals surface area contributed by atoms with Crippen molar-refractivity contribution in [3.05, 3.63) is 83.4 Å². The average Bonchev–Trinajstić information content (AvgIpc) is 2.70. The van der Waals surface area contributed by atoms with E-state index in [1.807, 2.05) is 60.7 Å². The molecule has 1 aliphatic rings. The Kier molecular flexibility index (Phi) is 6.29. The SMILES string of the molecule is O=CC(CC=C1CCOCC1)N=C(c1ccccc1)c1ccccc1. The Labute approximate surface area is 149 Å². The lowest BCUT2D eigenvalue weighted by Crippen LogP contribution is -2.13. The van der Waals surface area contributed by atoms with Crippen molar-refractivity contribution in [1.82, 2.24) is 0 Å². The molecule has 1 atom stereocenters. The van der Waals surface area contributed by atoms with Gasteiger partial charge in [0.1, 0.15) is 12.3 Å². The van der Waals surface area contributed by atoms with Crippen LogP contribution in [0.5, 0.6) is 0 Å². The first-order valence-electron chi connectivity index (χ1n) is 8.76. The molecule has 0 N–H and O–H groups in total. The van der Waals surface area contributed by atoms with Gasteiger partial charge in [0.05, 0.1) is 18.9 Å². The lowest BCUT2D eigenvalue weighted by atomic mass is 10.0. The molecule has 1 heterocycles. The number of aliphatic imine (C=N–C) groups is 1. The standard InChI is InChI=1S/C22H23NO2/c24-17-21(12-11-18-13-15-25-16-14-18)23-22(19-7-3-1-4-8-19)20-9-5-2-6-10-20/h1-11,17,21H,12-16H2. The molecule has 1 fully saturated rings. The molecule has 1 aliphatic heterocycles. The van der Waals surface area contributed by atoms with E-state index in [4.69, 9.17) is 9.73 Å². The summed E-state index contributed by atoms with van der Waals surface area (Å²) < 4.78 is 5.38. The zero-order valence-electron chi connectivity index (χ0n) is 14.3. The molecule has 0 bridgehead atoms. The molecule has 1 unspecified atom stereocenters. The van der Waals surface area contributed by atoms with Crippen LogP contribution in [-0.4, -0.2) is 31.3 Å². The number of ether oxygens (including phenoxy) is 1. The van der Waals surface area contributed by atoms with Crippen LogP contribution in [0.1, 0.15) is 30.4 Å². The van der Waals surface area contributed by atoms with Crippen molar-refractivity contribution in [3.63, 3.8) is 0 Å². The first-order chi connectivity index (χ1) is 12.4. The number of carbonyl (C=O) groups is 1. The van der Waals surface area contributed by atoms with E-state index in [0.29, 0.717) is 6.42 Å². The maximum Gasteiger partial charge on any atom is 0.144 e. The minimum absolute atomic E-state index is 0.370. The first-order valence-corrected chi connectivity index (χ1v) is 8.76. The second-order valence-corrected chi connectivity index (χ2v) is 6.12. The fraction of sp³-hybridized carbons (Fsp3) is 0.273. The number of hydrogen-bond acceptors (Lipinski definition) is 3. The quantitative estimate of drug-likeness (QED) is 0.451. The molecule has 0 saturated carbocycles. The van der Waals surface area contributed by atoms with Gasteiger partial charge in [0.25, 0.3) is 0 Å². The summed E-state index contributed by atoms with van der Waals surface area (Å²) in [5.74, 6) is 0. The Morgan fingerprint density at radius 3 is 2.04 bits per heavy atom. The Morgan fingerprint density at radius 2 is 1.52 bits per heavy atom. The fourth-order valence-electron chi connectivity index (χ4n) is 2.94. The second-order valence-electron chi connectivity index (χ2n) is 6.12. The van der Waals surface area contributed by atoms with E-state index in [2.05, 4.69) is 6.08 Å². The summed E-state index contributed by atoms with van der Waals surface area (Å²) in [4.78, 5) is 16.4. The van der Waals surface area contributed by atoms with Crippen molar-refractivity contribution in [2.75, 3.05) is 13.2 Å². The minimum Gasteiger partial charge on any atom is -0.381 e. The Balaban J connectivity index is 1.86. The van der Waals surface area contributed by atoms with Crippen LogP contribution in [0.4, 0.5) is 0 Å². The molecule has 3 rings (SSSR count). The topological polar surface area (TPSA) is 38.7 Å². The predicted molar refractivity (Wildman–Crippen MR) is 101 cm³/mol. The van der Waals surface area contributed by atoms with Gasteiger partial charge in [-0.05, 0) is 19.3 Å². The maximum atomic E-state index is 11.6. The molecule has 3 nitrogen and oxygen atoms in total. The number of carbonyl (C=O) groups excluding carboxylic acids is 1. The fourth-order valence-corrected chi connectivity index (χ4v) is 2.94. The molecular weight excluding hydrogens is 310 g/mol. The van der Waals surface area contributed by atoms with Crippen molar-refractivity contribution >= 4 is 12.0 Å². The summed E-state index contributed by atoms with van der Waals surface area (Å²) in [6, 6.07) is 19.7. The van der Waals surface area contributed by atoms with Crippen LogP contribution in [0.2, 0.25) is 0 Å². The van der Waals surface area contributed by atoms with Gasteiger partial charge in [-0.25, -0.2) is 0 Å². The van der Waals surface area contributed by atoms with Crippen LogP contribution in [0.25, 0.3) is 0 Å². The number of aldehydes is 1. The summed E-state index contributed by atoms with van der Waals surface area (Å²) in [6.45, 7) is 1.56. The van der Waals surface area contributed by atoms with Gasteiger partial charge in [-0.15, -0.1) is 0 Å². The molecule has 0 radical (unpaired) electrons. The number of hydrogen-bond donors (Lipinski definition) is 0. The normalized spacial score (nSPS) is 15.3. The molecule has 128 valence electrons. The van der Waals surface area contributed by atoms with E-state index in [-0.39, 0.29) is 6.04 Å². The smallest absolute Gasteiger partial charge is 0.144 e. The van der Waals surface area contributed by atoms with Crippen molar-refractivity contribution in [1.29, 1.82) is 0 Å². The Hall–Kier alpha value is -2.52. The molecule has 2 aromatic rings. The zero-order chi connectivity index (χ0) is 17.3. The minimum atomic E-state index is -0.370. The van der Waals surface area contributed by atoms with Crippen molar-refractivity contribution < 1.29 is 9.53 Å². The Morgan fingerprint density at radius 1 is 0.960 bits per heavy atom. The van der Waals surface area contributed by atoms with E-state index >= 15 is 0 Å². The second kappa shape index (κ2) is 9.09. The van der Waals surface area contributed by atoms with Crippen LogP contribution in [0.15, 0.2) is 77.3 Å². The highest BCUT2D eigenvalue weighted by Gasteiger charge is 2.12. The lowest BCUT2D eigenvalue weighted by molar-refractivity contribution is -0.108. The van der Waals surface area contributed by atoms with E-state index in [9.17, 15) is 4.79 Å². The van der Waals surface area contributed by atoms with Crippen molar-refractivity contribution in [2.45, 2.75) is 25.3 Å². The zero-order valence-corrected chi connectivity index (χ0v) is 14.3. The third-order valence-electron chi connectivity index (χ3n) is 4.33. The highest BCUT2D eigenvalue weighted by atomic mass is 16.5. The van der Waals surface area contributed by atoms with Gasteiger partial charge in [0.2, 0.25) is 0 Å². The highest BCUT2D eigenvalue weighted by Crippen LogP contribution is 2.17. The molecule has 1 saturated heterocycles. The summed E-state index contributed by atoms with van der Waals surface area (Å²) >= 11 is 0. The van der Waals surface area contributed by atoms with Crippen molar-refractivity contribution in [2.24, 2.45) is 4.99 Å². The van der Waals surface area contributed by atoms with Gasteiger partial charge >= 0.3 is 0 Å². The van der Waals surface area contributed by atoms with Gasteiger partial charge in [0.15, 0.2) is 0 Å². The molecule has 25 heavy (non-hydrogen) atoms. The summed E-state index contributed by atoms with van der Waals surface area (Å²) in [7, 11) is 0. The van der Waals surface area contributed by atoms with Gasteiger partial charge in [-0.3, -0.25) is 4.99 Å². The lowest BCUT2D eigenvalue weighted by Gasteiger charge is -2.15. The molecular formula is C22H23NO2. The summed E-state index contributed by atoms with van der Waals surface area (Å²) in [5.41, 5.74) is 4.29. The number of rotatable bonds is 6. The molecule has 2 aromatic carbocycles. The highest BCUT2D eigenvalue weighted by molar-refractivity contribution is 6.13. The summed E-state index contributed by atoms with van der Waals surface area (Å²) in [6.07, 6.45) is 5.67. The van der Waals surface area contributed by atoms with E-state index < -0.39 is 0 Å². The molecule has 0 aromatic heterocycles. The molecule has 0 aliphatic carbocycles. The third kappa shape index (κ3) is 4.97. The monoisotopic (exact) mass is 333 g/mol. The van der Waals surface area contributed by atoms with E-state index in [0.717, 1.165) is 49.2 Å². The van der Waals surface area contributed by atoms with E-state index in [1.54, 1.807) is 0 Å². The van der Waals surface area contributed by atoms with Crippen LogP contribution < -0.4 is 0 Å². The van der Waals surface area contributed by atoms with Crippen LogP contribution in [0, 0.1) is 0 Å². The average molecular weight is 333 g/mol. The van der Waals surface area contributed by atoms with Crippen LogP contribution in [-0.2, 0) is 9.53 Å². The number of nitrogens with zero attached hydrogens (tertiary/aromatic N) is 1. The van der Waals surface area contributed by atoms with Gasteiger partial charge in [-0.1, -0.05) is 72.3 Å². The molecule has 0 amide bonds. The predicted octanol–water partition coefficient (Wildman–Crippen LogP) is 4.22. The van der Waals surface area contributed by atoms with E-state index in [1.165, 1.54) is 5.57 Å². The summed E-state index contributed by atoms with van der Waals surface area (Å²) in [5, 5.41) is 0. The van der Waals surface area contributed by atoms with Gasteiger partial charge < -0.3 is 9.53 Å². The van der Waals surface area contributed by atoms with Gasteiger partial charge in [0, 0.05) is 11.1 Å². The van der Waals surface area contributed by atoms with Crippen LogP contribution in [0.3, 0.4) is 0 Å². The largest absolute Gasteiger partial charge is 0.381 e.